The molecule has 0 radical (unpaired) electrons. The van der Waals surface area contributed by atoms with E-state index in [0.717, 1.165) is 0 Å². The van der Waals surface area contributed by atoms with Crippen LogP contribution in [0.5, 0.6) is 0 Å². The van der Waals surface area contributed by atoms with Crippen LogP contribution >= 0.6 is 11.6 Å². The summed E-state index contributed by atoms with van der Waals surface area (Å²) in [6, 6.07) is 13.3. The fraction of sp³-hybridized carbons (Fsp3) is 0.167. The van der Waals surface area contributed by atoms with Crippen LogP contribution in [0.3, 0.4) is 0 Å². The number of carbonyl (C=O) groups is 3. The molecule has 0 bridgehead atoms. The van der Waals surface area contributed by atoms with Crippen LogP contribution in [-0.2, 0) is 9.59 Å². The summed E-state index contributed by atoms with van der Waals surface area (Å²) in [5, 5.41) is 5.74. The highest BCUT2D eigenvalue weighted by molar-refractivity contribution is 6.33. The van der Waals surface area contributed by atoms with Gasteiger partial charge in [-0.1, -0.05) is 35.9 Å². The molecule has 7 nitrogen and oxygen atoms in total. The molecule has 0 aliphatic heterocycles. The van der Waals surface area contributed by atoms with Gasteiger partial charge in [-0.3, -0.25) is 19.3 Å². The maximum absolute atomic E-state index is 12.1. The van der Waals surface area contributed by atoms with Gasteiger partial charge >= 0.3 is 0 Å². The molecular weight excluding hydrogens is 356 g/mol. The zero-order valence-electron chi connectivity index (χ0n) is 14.2. The van der Waals surface area contributed by atoms with Gasteiger partial charge in [0.2, 0.25) is 11.8 Å². The third-order valence-electron chi connectivity index (χ3n) is 3.44. The summed E-state index contributed by atoms with van der Waals surface area (Å²) in [4.78, 5) is 37.1. The summed E-state index contributed by atoms with van der Waals surface area (Å²) in [6.07, 6.45) is 0. The Labute approximate surface area is 156 Å². The van der Waals surface area contributed by atoms with E-state index in [1.807, 2.05) is 0 Å². The average molecular weight is 375 g/mol. The first-order valence-corrected chi connectivity index (χ1v) is 8.16. The second-order valence-electron chi connectivity index (χ2n) is 5.66. The van der Waals surface area contributed by atoms with Gasteiger partial charge < -0.3 is 16.4 Å². The van der Waals surface area contributed by atoms with E-state index >= 15 is 0 Å². The third kappa shape index (κ3) is 5.58. The van der Waals surface area contributed by atoms with E-state index in [-0.39, 0.29) is 30.5 Å². The minimum absolute atomic E-state index is 0.00386. The Bertz CT molecular complexity index is 826. The molecule has 2 aromatic rings. The molecule has 2 rings (SSSR count). The van der Waals surface area contributed by atoms with Gasteiger partial charge in [0, 0.05) is 0 Å². The molecule has 0 atom stereocenters. The van der Waals surface area contributed by atoms with E-state index < -0.39 is 5.91 Å². The number of para-hydroxylation sites is 2. The van der Waals surface area contributed by atoms with Crippen LogP contribution in [0, 0.1) is 0 Å². The van der Waals surface area contributed by atoms with Crippen molar-refractivity contribution in [1.29, 1.82) is 0 Å². The van der Waals surface area contributed by atoms with Gasteiger partial charge in [0.25, 0.3) is 5.91 Å². The van der Waals surface area contributed by atoms with Crippen molar-refractivity contribution < 1.29 is 14.4 Å². The molecule has 0 saturated heterocycles. The first-order chi connectivity index (χ1) is 12.4. The number of primary amides is 1. The predicted octanol–water partition coefficient (Wildman–Crippen LogP) is 1.95. The average Bonchev–Trinajstić information content (AvgIpc) is 2.56. The number of likely N-dealkylation sites (N-methyl/N-ethyl adjacent to an activating group) is 1. The second kappa shape index (κ2) is 8.98. The van der Waals surface area contributed by atoms with Gasteiger partial charge in [0.05, 0.1) is 35.1 Å². The van der Waals surface area contributed by atoms with E-state index in [0.29, 0.717) is 16.4 Å². The van der Waals surface area contributed by atoms with Crippen LogP contribution in [0.2, 0.25) is 5.02 Å². The summed E-state index contributed by atoms with van der Waals surface area (Å²) in [5.41, 5.74) is 6.34. The van der Waals surface area contributed by atoms with E-state index in [1.165, 1.54) is 11.0 Å². The van der Waals surface area contributed by atoms with Crippen LogP contribution in [0.15, 0.2) is 48.5 Å². The second-order valence-corrected chi connectivity index (χ2v) is 6.07. The maximum Gasteiger partial charge on any atom is 0.250 e. The molecule has 0 aliphatic carbocycles. The molecule has 2 aromatic carbocycles. The number of halogens is 1. The Kier molecular flexibility index (Phi) is 6.71. The maximum atomic E-state index is 12.1. The number of anilines is 2. The molecule has 0 fully saturated rings. The quantitative estimate of drug-likeness (QED) is 0.688. The van der Waals surface area contributed by atoms with Crippen molar-refractivity contribution in [2.75, 3.05) is 30.8 Å². The fourth-order valence-corrected chi connectivity index (χ4v) is 2.48. The van der Waals surface area contributed by atoms with Gasteiger partial charge in [-0.15, -0.1) is 0 Å². The third-order valence-corrected chi connectivity index (χ3v) is 3.77. The lowest BCUT2D eigenvalue weighted by atomic mass is 10.1. The van der Waals surface area contributed by atoms with Crippen molar-refractivity contribution in [2.45, 2.75) is 0 Å². The van der Waals surface area contributed by atoms with E-state index in [4.69, 9.17) is 17.3 Å². The fourth-order valence-electron chi connectivity index (χ4n) is 2.30. The Balaban J connectivity index is 1.88. The molecule has 136 valence electrons. The van der Waals surface area contributed by atoms with Crippen LogP contribution < -0.4 is 16.4 Å². The first kappa shape index (κ1) is 19.4. The number of nitrogens with zero attached hydrogens (tertiary/aromatic N) is 1. The SMILES string of the molecule is CN(CC(=O)Nc1ccccc1Cl)CC(=O)Nc1ccccc1C(N)=O. The van der Waals surface area contributed by atoms with Crippen molar-refractivity contribution in [3.63, 3.8) is 0 Å². The molecule has 3 amide bonds. The Hall–Kier alpha value is -2.90. The van der Waals surface area contributed by atoms with Crippen LogP contribution in [0.25, 0.3) is 0 Å². The molecule has 0 spiro atoms. The molecule has 0 saturated carbocycles. The van der Waals surface area contributed by atoms with Gasteiger partial charge in [0.15, 0.2) is 0 Å². The van der Waals surface area contributed by atoms with Crippen molar-refractivity contribution in [2.24, 2.45) is 5.73 Å². The van der Waals surface area contributed by atoms with E-state index in [2.05, 4.69) is 10.6 Å². The van der Waals surface area contributed by atoms with E-state index in [9.17, 15) is 14.4 Å². The van der Waals surface area contributed by atoms with Gasteiger partial charge in [0.1, 0.15) is 0 Å². The predicted molar refractivity (Wildman–Crippen MR) is 101 cm³/mol. The minimum Gasteiger partial charge on any atom is -0.366 e. The standard InChI is InChI=1S/C18H19ClN4O3/c1-23(11-17(25)22-15-9-5-3-7-13(15)19)10-16(24)21-14-8-4-2-6-12(14)18(20)26/h2-9H,10-11H2,1H3,(H2,20,26)(H,21,24)(H,22,25). The topological polar surface area (TPSA) is 105 Å². The Morgan fingerprint density at radius 2 is 1.42 bits per heavy atom. The zero-order chi connectivity index (χ0) is 19.1. The van der Waals surface area contributed by atoms with Crippen LogP contribution in [-0.4, -0.2) is 42.8 Å². The highest BCUT2D eigenvalue weighted by atomic mass is 35.5. The van der Waals surface area contributed by atoms with Gasteiger partial charge in [-0.05, 0) is 31.3 Å². The van der Waals surface area contributed by atoms with Crippen molar-refractivity contribution in [3.8, 4) is 0 Å². The number of hydrogen-bond acceptors (Lipinski definition) is 4. The number of carbonyl (C=O) groups excluding carboxylic acids is 3. The van der Waals surface area contributed by atoms with Crippen molar-refractivity contribution in [1.82, 2.24) is 4.90 Å². The summed E-state index contributed by atoms with van der Waals surface area (Å²) < 4.78 is 0. The normalized spacial score (nSPS) is 10.4. The summed E-state index contributed by atoms with van der Waals surface area (Å²) >= 11 is 5.99. The summed E-state index contributed by atoms with van der Waals surface area (Å²) in [6.45, 7) is -0.0425. The number of rotatable bonds is 7. The lowest BCUT2D eigenvalue weighted by molar-refractivity contribution is -0.119. The number of nitrogens with one attached hydrogen (secondary N) is 2. The van der Waals surface area contributed by atoms with E-state index in [1.54, 1.807) is 49.5 Å². The largest absolute Gasteiger partial charge is 0.366 e. The first-order valence-electron chi connectivity index (χ1n) is 7.78. The summed E-state index contributed by atoms with van der Waals surface area (Å²) in [7, 11) is 1.63. The Morgan fingerprint density at radius 1 is 0.923 bits per heavy atom. The molecule has 26 heavy (non-hydrogen) atoms. The number of hydrogen-bond donors (Lipinski definition) is 3. The number of amides is 3. The van der Waals surface area contributed by atoms with Crippen LogP contribution in [0.4, 0.5) is 11.4 Å². The molecule has 4 N–H and O–H groups in total. The molecule has 0 aliphatic rings. The lowest BCUT2D eigenvalue weighted by Gasteiger charge is -2.17. The molecule has 0 aromatic heterocycles. The molecule has 0 unspecified atom stereocenters. The minimum atomic E-state index is -0.631. The molecule has 8 heteroatoms. The lowest BCUT2D eigenvalue weighted by Crippen LogP contribution is -2.36. The van der Waals surface area contributed by atoms with Crippen molar-refractivity contribution in [3.05, 3.63) is 59.1 Å². The molecular formula is C18H19ClN4O3. The monoisotopic (exact) mass is 374 g/mol. The zero-order valence-corrected chi connectivity index (χ0v) is 14.9. The van der Waals surface area contributed by atoms with Crippen molar-refractivity contribution >= 4 is 40.7 Å². The number of nitrogens with two attached hydrogens (primary N) is 1. The van der Waals surface area contributed by atoms with Gasteiger partial charge in [-0.2, -0.15) is 0 Å². The Morgan fingerprint density at radius 3 is 2.00 bits per heavy atom. The molecule has 0 heterocycles. The van der Waals surface area contributed by atoms with Gasteiger partial charge in [-0.25, -0.2) is 0 Å². The highest BCUT2D eigenvalue weighted by Crippen LogP contribution is 2.20. The smallest absolute Gasteiger partial charge is 0.250 e. The highest BCUT2D eigenvalue weighted by Gasteiger charge is 2.14. The summed E-state index contributed by atoms with van der Waals surface area (Å²) in [5.74, 6) is -1.30. The van der Waals surface area contributed by atoms with Crippen LogP contribution in [0.1, 0.15) is 10.4 Å². The number of benzene rings is 2.